The van der Waals surface area contributed by atoms with Crippen LogP contribution in [0.25, 0.3) is 0 Å². The van der Waals surface area contributed by atoms with E-state index in [-0.39, 0.29) is 11.7 Å². The lowest BCUT2D eigenvalue weighted by molar-refractivity contribution is -0.227. The zero-order valence-electron chi connectivity index (χ0n) is 5.80. The Bertz CT molecular complexity index is 126. The molecule has 0 spiro atoms. The summed E-state index contributed by atoms with van der Waals surface area (Å²) in [6, 6.07) is 0. The fourth-order valence-corrected chi connectivity index (χ4v) is 0.537. The molecule has 0 bridgehead atoms. The molecule has 1 aliphatic rings. The van der Waals surface area contributed by atoms with E-state index in [0.717, 1.165) is 0 Å². The Morgan fingerprint density at radius 2 is 1.78 bits per heavy atom. The molecule has 1 saturated heterocycles. The van der Waals surface area contributed by atoms with Crippen LogP contribution in [-0.2, 0) is 9.47 Å². The zero-order chi connectivity index (χ0) is 7.07. The van der Waals surface area contributed by atoms with Crippen LogP contribution in [0.2, 0.25) is 0 Å². The first kappa shape index (κ1) is 6.39. The Labute approximate surface area is 53.9 Å². The van der Waals surface area contributed by atoms with Crippen molar-refractivity contribution in [3.8, 4) is 0 Å². The Kier molecular flexibility index (Phi) is 1.15. The van der Waals surface area contributed by atoms with Crippen LogP contribution < -0.4 is 0 Å². The maximum Gasteiger partial charge on any atom is 0.514 e. The van der Waals surface area contributed by atoms with Gasteiger partial charge in [-0.15, -0.1) is 0 Å². The van der Waals surface area contributed by atoms with Gasteiger partial charge >= 0.3 is 6.16 Å². The Morgan fingerprint density at radius 3 is 1.89 bits per heavy atom. The van der Waals surface area contributed by atoms with Gasteiger partial charge in [0, 0.05) is 5.41 Å². The standard InChI is InChI=1S/C6H10O3/c1-6(2,3)4-8-5(7)9-4/h4H,1-3H3. The van der Waals surface area contributed by atoms with E-state index in [1.165, 1.54) is 0 Å². The van der Waals surface area contributed by atoms with Gasteiger partial charge in [0.1, 0.15) is 0 Å². The molecule has 3 heteroatoms. The van der Waals surface area contributed by atoms with E-state index < -0.39 is 6.16 Å². The average molecular weight is 130 g/mol. The predicted octanol–water partition coefficient (Wildman–Crippen LogP) is 1.53. The topological polar surface area (TPSA) is 35.5 Å². The van der Waals surface area contributed by atoms with E-state index >= 15 is 0 Å². The van der Waals surface area contributed by atoms with Crippen molar-refractivity contribution < 1.29 is 14.3 Å². The first-order valence-corrected chi connectivity index (χ1v) is 2.87. The molecule has 0 radical (unpaired) electrons. The summed E-state index contributed by atoms with van der Waals surface area (Å²) in [6.07, 6.45) is -0.903. The number of ether oxygens (including phenoxy) is 2. The van der Waals surface area contributed by atoms with Crippen molar-refractivity contribution >= 4 is 6.16 Å². The molecule has 0 amide bonds. The molecule has 52 valence electrons. The molecule has 3 nitrogen and oxygen atoms in total. The van der Waals surface area contributed by atoms with Gasteiger partial charge in [-0.3, -0.25) is 0 Å². The van der Waals surface area contributed by atoms with Crippen LogP contribution in [0.4, 0.5) is 4.79 Å². The Balaban J connectivity index is 2.40. The van der Waals surface area contributed by atoms with Crippen LogP contribution in [0.5, 0.6) is 0 Å². The van der Waals surface area contributed by atoms with Crippen molar-refractivity contribution in [2.24, 2.45) is 5.41 Å². The summed E-state index contributed by atoms with van der Waals surface area (Å²) in [5.41, 5.74) is -0.0894. The van der Waals surface area contributed by atoms with E-state index in [1.807, 2.05) is 20.8 Å². The largest absolute Gasteiger partial charge is 0.514 e. The molecule has 0 unspecified atom stereocenters. The average Bonchev–Trinajstić information content (AvgIpc) is 1.55. The smallest absolute Gasteiger partial charge is 0.393 e. The van der Waals surface area contributed by atoms with Gasteiger partial charge in [-0.1, -0.05) is 20.8 Å². The molecule has 0 saturated carbocycles. The Hall–Kier alpha value is -0.730. The van der Waals surface area contributed by atoms with Gasteiger partial charge in [0.25, 0.3) is 6.29 Å². The maximum atomic E-state index is 10.1. The number of carbonyl (C=O) groups is 1. The molecule has 0 aliphatic carbocycles. The number of rotatable bonds is 0. The summed E-state index contributed by atoms with van der Waals surface area (Å²) in [7, 11) is 0. The molecule has 0 atom stereocenters. The van der Waals surface area contributed by atoms with Gasteiger partial charge in [0.2, 0.25) is 0 Å². The summed E-state index contributed by atoms with van der Waals surface area (Å²) in [6.45, 7) is 5.85. The minimum atomic E-state index is -0.560. The second-order valence-corrected chi connectivity index (χ2v) is 3.18. The van der Waals surface area contributed by atoms with Crippen molar-refractivity contribution in [3.05, 3.63) is 0 Å². The quantitative estimate of drug-likeness (QED) is 0.466. The van der Waals surface area contributed by atoms with E-state index in [1.54, 1.807) is 0 Å². The number of cyclic esters (lactones) is 2. The van der Waals surface area contributed by atoms with Crippen LogP contribution >= 0.6 is 0 Å². The van der Waals surface area contributed by atoms with E-state index in [9.17, 15) is 4.79 Å². The number of hydrogen-bond donors (Lipinski definition) is 0. The highest BCUT2D eigenvalue weighted by atomic mass is 16.9. The van der Waals surface area contributed by atoms with E-state index in [2.05, 4.69) is 9.47 Å². The molecule has 1 rings (SSSR count). The number of carbonyl (C=O) groups excluding carboxylic acids is 1. The van der Waals surface area contributed by atoms with Gasteiger partial charge in [0.05, 0.1) is 0 Å². The lowest BCUT2D eigenvalue weighted by Gasteiger charge is -2.35. The third-order valence-electron chi connectivity index (χ3n) is 1.11. The highest BCUT2D eigenvalue weighted by Gasteiger charge is 2.40. The molecular formula is C6H10O3. The molecule has 0 aromatic rings. The fourth-order valence-electron chi connectivity index (χ4n) is 0.537. The van der Waals surface area contributed by atoms with Crippen LogP contribution in [-0.4, -0.2) is 12.4 Å². The first-order valence-electron chi connectivity index (χ1n) is 2.87. The van der Waals surface area contributed by atoms with Gasteiger partial charge in [0.15, 0.2) is 0 Å². The molecule has 9 heavy (non-hydrogen) atoms. The lowest BCUT2D eigenvalue weighted by Crippen LogP contribution is -2.44. The molecule has 0 aromatic carbocycles. The Morgan fingerprint density at radius 1 is 1.33 bits per heavy atom. The van der Waals surface area contributed by atoms with Crippen molar-refractivity contribution in [3.63, 3.8) is 0 Å². The van der Waals surface area contributed by atoms with Crippen LogP contribution in [0.3, 0.4) is 0 Å². The zero-order valence-corrected chi connectivity index (χ0v) is 5.80. The lowest BCUT2D eigenvalue weighted by atomic mass is 9.95. The van der Waals surface area contributed by atoms with E-state index in [4.69, 9.17) is 0 Å². The van der Waals surface area contributed by atoms with Crippen molar-refractivity contribution in [1.29, 1.82) is 0 Å². The van der Waals surface area contributed by atoms with Gasteiger partial charge in [-0.25, -0.2) is 4.79 Å². The van der Waals surface area contributed by atoms with Gasteiger partial charge in [-0.2, -0.15) is 0 Å². The second-order valence-electron chi connectivity index (χ2n) is 3.18. The second kappa shape index (κ2) is 1.62. The fraction of sp³-hybridized carbons (Fsp3) is 0.833. The minimum absolute atomic E-state index is 0.0894. The van der Waals surface area contributed by atoms with Crippen molar-refractivity contribution in [2.45, 2.75) is 27.1 Å². The SMILES string of the molecule is CC(C)(C)C1OC(=O)O1. The van der Waals surface area contributed by atoms with E-state index in [0.29, 0.717) is 0 Å². The molecule has 0 aromatic heterocycles. The summed E-state index contributed by atoms with van der Waals surface area (Å²) in [5.74, 6) is 0. The number of hydrogen-bond acceptors (Lipinski definition) is 3. The molecule has 1 heterocycles. The summed E-state index contributed by atoms with van der Waals surface area (Å²) in [5, 5.41) is 0. The first-order chi connectivity index (χ1) is 4.00. The van der Waals surface area contributed by atoms with Crippen molar-refractivity contribution in [1.82, 2.24) is 0 Å². The molecule has 1 aliphatic heterocycles. The molecule has 1 fully saturated rings. The van der Waals surface area contributed by atoms with Gasteiger partial charge in [-0.05, 0) is 0 Å². The van der Waals surface area contributed by atoms with Gasteiger partial charge < -0.3 is 9.47 Å². The predicted molar refractivity (Wildman–Crippen MR) is 30.8 cm³/mol. The van der Waals surface area contributed by atoms with Crippen molar-refractivity contribution in [2.75, 3.05) is 0 Å². The van der Waals surface area contributed by atoms with Crippen LogP contribution in [0, 0.1) is 5.41 Å². The third-order valence-corrected chi connectivity index (χ3v) is 1.11. The highest BCUT2D eigenvalue weighted by Crippen LogP contribution is 2.29. The monoisotopic (exact) mass is 130 g/mol. The minimum Gasteiger partial charge on any atom is -0.393 e. The maximum absolute atomic E-state index is 10.1. The van der Waals surface area contributed by atoms with Crippen LogP contribution in [0.1, 0.15) is 20.8 Å². The summed E-state index contributed by atoms with van der Waals surface area (Å²) < 4.78 is 9.28. The molecule has 0 N–H and O–H groups in total. The third kappa shape index (κ3) is 1.15. The molecular weight excluding hydrogens is 120 g/mol. The summed E-state index contributed by atoms with van der Waals surface area (Å²) in [4.78, 5) is 10.1. The normalized spacial score (nSPS) is 20.1. The van der Waals surface area contributed by atoms with Crippen LogP contribution in [0.15, 0.2) is 0 Å². The summed E-state index contributed by atoms with van der Waals surface area (Å²) >= 11 is 0. The highest BCUT2D eigenvalue weighted by molar-refractivity contribution is 5.64.